The van der Waals surface area contributed by atoms with Gasteiger partial charge in [-0.25, -0.2) is 17.7 Å². The maximum absolute atomic E-state index is 13.0. The molecule has 0 radical (unpaired) electrons. The van der Waals surface area contributed by atoms with Crippen LogP contribution in [0, 0.1) is 0 Å². The zero-order valence-electron chi connectivity index (χ0n) is 17.5. The lowest BCUT2D eigenvalue weighted by molar-refractivity contribution is -0.132. The first kappa shape index (κ1) is 21.5. The quantitative estimate of drug-likeness (QED) is 0.687. The first-order valence-corrected chi connectivity index (χ1v) is 13.1. The van der Waals surface area contributed by atoms with Gasteiger partial charge in [0.2, 0.25) is 15.9 Å². The van der Waals surface area contributed by atoms with Crippen molar-refractivity contribution in [1.82, 2.24) is 18.8 Å². The molecule has 1 saturated heterocycles. The number of thiophene rings is 1. The molecule has 8 nitrogen and oxygen atoms in total. The van der Waals surface area contributed by atoms with Crippen LogP contribution in [0.1, 0.15) is 42.5 Å². The van der Waals surface area contributed by atoms with E-state index in [-0.39, 0.29) is 23.9 Å². The van der Waals surface area contributed by atoms with E-state index in [1.54, 1.807) is 34.2 Å². The summed E-state index contributed by atoms with van der Waals surface area (Å²) in [6.07, 6.45) is 8.50. The first-order chi connectivity index (χ1) is 14.3. The molecule has 30 heavy (non-hydrogen) atoms. The maximum Gasteiger partial charge on any atom is 0.262 e. The predicted octanol–water partition coefficient (Wildman–Crippen LogP) is 1.61. The topological polar surface area (TPSA) is 92.6 Å². The van der Waals surface area contributed by atoms with E-state index in [0.29, 0.717) is 32.5 Å². The van der Waals surface area contributed by atoms with Gasteiger partial charge in [0.15, 0.2) is 0 Å². The van der Waals surface area contributed by atoms with Crippen LogP contribution in [0.25, 0.3) is 10.2 Å². The fourth-order valence-corrected chi connectivity index (χ4v) is 6.44. The Hall–Kier alpha value is -1.78. The van der Waals surface area contributed by atoms with Crippen LogP contribution < -0.4 is 5.56 Å². The summed E-state index contributed by atoms with van der Waals surface area (Å²) in [6, 6.07) is -0.0666. The second-order valence-corrected chi connectivity index (χ2v) is 11.4. The van der Waals surface area contributed by atoms with Crippen molar-refractivity contribution in [2.45, 2.75) is 57.5 Å². The summed E-state index contributed by atoms with van der Waals surface area (Å²) in [6.45, 7) is 1.38. The van der Waals surface area contributed by atoms with Gasteiger partial charge in [-0.1, -0.05) is 0 Å². The molecule has 1 fully saturated rings. The molecule has 0 aromatic carbocycles. The largest absolute Gasteiger partial charge is 0.343 e. The second-order valence-electron chi connectivity index (χ2n) is 8.28. The Bertz CT molecular complexity index is 1110. The zero-order valence-corrected chi connectivity index (χ0v) is 19.1. The SMILES string of the molecule is CN(C1CCN(C(=O)CCn2cnc3sc4c(c3c2=O)CCCC4)CC1)S(C)(=O)=O. The fraction of sp³-hybridized carbons (Fsp3) is 0.650. The van der Waals surface area contributed by atoms with Crippen molar-refractivity contribution in [3.05, 3.63) is 27.1 Å². The van der Waals surface area contributed by atoms with E-state index in [4.69, 9.17) is 0 Å². The zero-order chi connectivity index (χ0) is 21.5. The highest BCUT2D eigenvalue weighted by atomic mass is 32.2. The van der Waals surface area contributed by atoms with Crippen LogP contribution >= 0.6 is 11.3 Å². The van der Waals surface area contributed by atoms with Crippen LogP contribution in [0.5, 0.6) is 0 Å². The van der Waals surface area contributed by atoms with Gasteiger partial charge in [0.25, 0.3) is 5.56 Å². The Labute approximate surface area is 180 Å². The standard InChI is InChI=1S/C20H28N4O4S2/c1-22(30(2,27)28)14-7-10-23(11-8-14)17(25)9-12-24-13-21-19-18(20(24)26)15-5-3-4-6-16(15)29-19/h13-14H,3-12H2,1-2H3. The highest BCUT2D eigenvalue weighted by Gasteiger charge is 2.29. The molecule has 1 aliphatic heterocycles. The number of nitrogens with zero attached hydrogens (tertiary/aromatic N) is 4. The number of piperidine rings is 1. The van der Waals surface area contributed by atoms with E-state index in [1.807, 2.05) is 0 Å². The molecule has 0 spiro atoms. The predicted molar refractivity (Wildman–Crippen MR) is 117 cm³/mol. The maximum atomic E-state index is 13.0. The first-order valence-electron chi connectivity index (χ1n) is 10.5. The molecule has 0 N–H and O–H groups in total. The smallest absolute Gasteiger partial charge is 0.262 e. The minimum Gasteiger partial charge on any atom is -0.343 e. The molecular formula is C20H28N4O4S2. The summed E-state index contributed by atoms with van der Waals surface area (Å²) in [5.74, 6) is -0.00481. The van der Waals surface area contributed by atoms with Crippen LogP contribution in [-0.4, -0.2) is 65.5 Å². The summed E-state index contributed by atoms with van der Waals surface area (Å²) in [7, 11) is -1.63. The lowest BCUT2D eigenvalue weighted by Crippen LogP contribution is -2.47. The number of fused-ring (bicyclic) bond motifs is 3. The molecule has 1 amide bonds. The highest BCUT2D eigenvalue weighted by Crippen LogP contribution is 2.33. The van der Waals surface area contributed by atoms with Gasteiger partial charge in [-0.15, -0.1) is 11.3 Å². The molecule has 2 aromatic rings. The highest BCUT2D eigenvalue weighted by molar-refractivity contribution is 7.88. The number of amides is 1. The third-order valence-electron chi connectivity index (χ3n) is 6.36. The van der Waals surface area contributed by atoms with E-state index in [2.05, 4.69) is 4.98 Å². The summed E-state index contributed by atoms with van der Waals surface area (Å²) < 4.78 is 26.4. The molecule has 0 unspecified atom stereocenters. The fourth-order valence-electron chi connectivity index (χ4n) is 4.46. The van der Waals surface area contributed by atoms with Crippen molar-refractivity contribution in [2.24, 2.45) is 0 Å². The monoisotopic (exact) mass is 452 g/mol. The van der Waals surface area contributed by atoms with Crippen molar-refractivity contribution in [1.29, 1.82) is 0 Å². The van der Waals surface area contributed by atoms with Crippen LogP contribution in [0.4, 0.5) is 0 Å². The van der Waals surface area contributed by atoms with E-state index >= 15 is 0 Å². The molecule has 2 aliphatic rings. The minimum atomic E-state index is -3.23. The minimum absolute atomic E-state index is 0.00481. The Morgan fingerprint density at radius 2 is 1.97 bits per heavy atom. The van der Waals surface area contributed by atoms with Gasteiger partial charge in [0.05, 0.1) is 18.0 Å². The number of likely N-dealkylation sites (tertiary alicyclic amines) is 1. The van der Waals surface area contributed by atoms with Crippen molar-refractivity contribution < 1.29 is 13.2 Å². The Morgan fingerprint density at radius 3 is 2.67 bits per heavy atom. The third-order valence-corrected chi connectivity index (χ3v) is 8.91. The molecule has 3 heterocycles. The summed E-state index contributed by atoms with van der Waals surface area (Å²) >= 11 is 1.63. The average Bonchev–Trinajstić information content (AvgIpc) is 3.11. The number of hydrogen-bond acceptors (Lipinski definition) is 6. The second kappa shape index (κ2) is 8.39. The molecule has 4 rings (SSSR count). The Kier molecular flexibility index (Phi) is 6.00. The van der Waals surface area contributed by atoms with Crippen LogP contribution in [0.3, 0.4) is 0 Å². The van der Waals surface area contributed by atoms with Gasteiger partial charge in [-0.05, 0) is 44.1 Å². The van der Waals surface area contributed by atoms with Gasteiger partial charge < -0.3 is 4.90 Å². The molecule has 10 heteroatoms. The number of hydrogen-bond donors (Lipinski definition) is 0. The van der Waals surface area contributed by atoms with Crippen molar-refractivity contribution >= 4 is 37.5 Å². The normalized spacial score (nSPS) is 18.2. The van der Waals surface area contributed by atoms with E-state index < -0.39 is 10.0 Å². The van der Waals surface area contributed by atoms with Crippen molar-refractivity contribution in [3.8, 4) is 0 Å². The number of rotatable bonds is 5. The third kappa shape index (κ3) is 4.17. The van der Waals surface area contributed by atoms with Gasteiger partial charge in [0, 0.05) is 44.0 Å². The number of aryl methyl sites for hydroxylation is 3. The summed E-state index contributed by atoms with van der Waals surface area (Å²) in [5.41, 5.74) is 1.12. The van der Waals surface area contributed by atoms with Crippen LogP contribution in [0.15, 0.2) is 11.1 Å². The molecule has 164 valence electrons. The number of carbonyl (C=O) groups is 1. The Morgan fingerprint density at radius 1 is 1.27 bits per heavy atom. The number of carbonyl (C=O) groups excluding carboxylic acids is 1. The lowest BCUT2D eigenvalue weighted by Gasteiger charge is -2.35. The number of aromatic nitrogens is 2. The lowest BCUT2D eigenvalue weighted by atomic mass is 9.97. The van der Waals surface area contributed by atoms with Gasteiger partial charge >= 0.3 is 0 Å². The molecule has 0 bridgehead atoms. The molecule has 1 aliphatic carbocycles. The van der Waals surface area contributed by atoms with Crippen LogP contribution in [-0.2, 0) is 34.2 Å². The molecule has 0 atom stereocenters. The average molecular weight is 453 g/mol. The number of sulfonamides is 1. The molecule has 2 aromatic heterocycles. The van der Waals surface area contributed by atoms with E-state index in [0.717, 1.165) is 35.0 Å². The van der Waals surface area contributed by atoms with Gasteiger partial charge in [0.1, 0.15) is 4.83 Å². The van der Waals surface area contributed by atoms with Crippen molar-refractivity contribution in [2.75, 3.05) is 26.4 Å². The molecule has 0 saturated carbocycles. The van der Waals surface area contributed by atoms with E-state index in [1.165, 1.54) is 21.9 Å². The van der Waals surface area contributed by atoms with Gasteiger partial charge in [-0.3, -0.25) is 14.2 Å². The van der Waals surface area contributed by atoms with Crippen LogP contribution in [0.2, 0.25) is 0 Å². The summed E-state index contributed by atoms with van der Waals surface area (Å²) in [4.78, 5) is 34.0. The summed E-state index contributed by atoms with van der Waals surface area (Å²) in [5, 5.41) is 0.745. The van der Waals surface area contributed by atoms with Crippen molar-refractivity contribution in [3.63, 3.8) is 0 Å². The molecular weight excluding hydrogens is 424 g/mol. The Balaban J connectivity index is 1.39. The van der Waals surface area contributed by atoms with E-state index in [9.17, 15) is 18.0 Å². The van der Waals surface area contributed by atoms with Gasteiger partial charge in [-0.2, -0.15) is 0 Å².